The van der Waals surface area contributed by atoms with Crippen LogP contribution in [0.2, 0.25) is 0 Å². The van der Waals surface area contributed by atoms with Crippen molar-refractivity contribution in [1.82, 2.24) is 10.2 Å². The van der Waals surface area contributed by atoms with Gasteiger partial charge in [-0.25, -0.2) is 0 Å². The van der Waals surface area contributed by atoms with E-state index in [1.807, 2.05) is 13.8 Å². The lowest BCUT2D eigenvalue weighted by atomic mass is 9.92. The number of anilines is 1. The summed E-state index contributed by atoms with van der Waals surface area (Å²) in [6, 6.07) is 2.28. The Balaban J connectivity index is 1.90. The molecule has 6 heteroatoms. The second-order valence-corrected chi connectivity index (χ2v) is 5.79. The van der Waals surface area contributed by atoms with Gasteiger partial charge in [-0.3, -0.25) is 0 Å². The highest BCUT2D eigenvalue weighted by Gasteiger charge is 2.39. The highest BCUT2D eigenvalue weighted by Crippen LogP contribution is 2.32. The van der Waals surface area contributed by atoms with Gasteiger partial charge >= 0.3 is 0 Å². The van der Waals surface area contributed by atoms with Crippen LogP contribution in [0, 0.1) is 25.2 Å². The normalized spacial score (nSPS) is 21.3. The van der Waals surface area contributed by atoms with Crippen molar-refractivity contribution in [3.63, 3.8) is 0 Å². The quantitative estimate of drug-likeness (QED) is 0.777. The molecule has 0 unspecified atom stereocenters. The third-order valence-corrected chi connectivity index (χ3v) is 4.50. The second-order valence-electron chi connectivity index (χ2n) is 5.79. The molecule has 1 spiro atoms. The van der Waals surface area contributed by atoms with Crippen LogP contribution < -0.4 is 4.90 Å². The van der Waals surface area contributed by atoms with E-state index in [9.17, 15) is 5.26 Å². The van der Waals surface area contributed by atoms with Gasteiger partial charge < -0.3 is 14.4 Å². The molecule has 0 aromatic carbocycles. The van der Waals surface area contributed by atoms with Crippen molar-refractivity contribution >= 4 is 5.82 Å². The maximum absolute atomic E-state index is 9.46. The Hall–Kier alpha value is -1.71. The monoisotopic (exact) mass is 288 g/mol. The fraction of sp³-hybridized carbons (Fsp3) is 0.667. The van der Waals surface area contributed by atoms with Crippen LogP contribution in [0.4, 0.5) is 5.82 Å². The molecule has 21 heavy (non-hydrogen) atoms. The van der Waals surface area contributed by atoms with E-state index in [1.54, 1.807) is 0 Å². The van der Waals surface area contributed by atoms with E-state index in [2.05, 4.69) is 21.2 Å². The Morgan fingerprint density at radius 3 is 2.67 bits per heavy atom. The Kier molecular flexibility index (Phi) is 3.79. The van der Waals surface area contributed by atoms with Gasteiger partial charge in [-0.1, -0.05) is 0 Å². The predicted molar refractivity (Wildman–Crippen MR) is 77.2 cm³/mol. The number of nitrogens with zero attached hydrogens (tertiary/aromatic N) is 4. The SMILES string of the molecule is Cc1nnc(N2CCOC3(CCOCC3)C2)c(C#N)c1C. The van der Waals surface area contributed by atoms with Crippen molar-refractivity contribution in [3.8, 4) is 6.07 Å². The van der Waals surface area contributed by atoms with Crippen molar-refractivity contribution in [2.75, 3.05) is 37.8 Å². The molecule has 0 radical (unpaired) electrons. The topological polar surface area (TPSA) is 71.3 Å². The van der Waals surface area contributed by atoms with Crippen molar-refractivity contribution < 1.29 is 9.47 Å². The number of aromatic nitrogens is 2. The van der Waals surface area contributed by atoms with E-state index in [1.165, 1.54) is 0 Å². The summed E-state index contributed by atoms with van der Waals surface area (Å²) < 4.78 is 11.5. The first-order chi connectivity index (χ1) is 10.2. The smallest absolute Gasteiger partial charge is 0.169 e. The Bertz CT molecular complexity index is 570. The Morgan fingerprint density at radius 1 is 1.19 bits per heavy atom. The fourth-order valence-corrected chi connectivity index (χ4v) is 3.02. The predicted octanol–water partition coefficient (Wildman–Crippen LogP) is 1.35. The molecule has 2 aliphatic rings. The van der Waals surface area contributed by atoms with Crippen LogP contribution >= 0.6 is 0 Å². The third kappa shape index (κ3) is 2.59. The number of aryl methyl sites for hydroxylation is 1. The number of hydrogen-bond donors (Lipinski definition) is 0. The summed E-state index contributed by atoms with van der Waals surface area (Å²) in [4.78, 5) is 2.15. The number of hydrogen-bond acceptors (Lipinski definition) is 6. The molecule has 0 aliphatic carbocycles. The van der Waals surface area contributed by atoms with Gasteiger partial charge in [-0.2, -0.15) is 10.4 Å². The molecule has 0 bridgehead atoms. The van der Waals surface area contributed by atoms with E-state index in [4.69, 9.17) is 9.47 Å². The van der Waals surface area contributed by atoms with E-state index < -0.39 is 0 Å². The van der Waals surface area contributed by atoms with Crippen LogP contribution in [0.15, 0.2) is 0 Å². The number of morpholine rings is 1. The zero-order valence-corrected chi connectivity index (χ0v) is 12.6. The zero-order valence-electron chi connectivity index (χ0n) is 12.6. The second kappa shape index (κ2) is 5.58. The summed E-state index contributed by atoms with van der Waals surface area (Å²) in [6.07, 6.45) is 1.79. The summed E-state index contributed by atoms with van der Waals surface area (Å²) in [5, 5.41) is 17.9. The van der Waals surface area contributed by atoms with Crippen LogP contribution in [0.1, 0.15) is 29.7 Å². The molecule has 0 saturated carbocycles. The molecule has 0 atom stereocenters. The third-order valence-electron chi connectivity index (χ3n) is 4.50. The number of ether oxygens (including phenoxy) is 2. The van der Waals surface area contributed by atoms with Crippen LogP contribution in [-0.2, 0) is 9.47 Å². The molecule has 2 fully saturated rings. The van der Waals surface area contributed by atoms with Crippen LogP contribution in [0.5, 0.6) is 0 Å². The van der Waals surface area contributed by atoms with Gasteiger partial charge in [0.05, 0.1) is 17.9 Å². The summed E-state index contributed by atoms with van der Waals surface area (Å²) >= 11 is 0. The molecular formula is C15H20N4O2. The molecule has 112 valence electrons. The van der Waals surface area contributed by atoms with Gasteiger partial charge in [0.2, 0.25) is 0 Å². The minimum Gasteiger partial charge on any atom is -0.381 e. The summed E-state index contributed by atoms with van der Waals surface area (Å²) in [5.41, 5.74) is 2.19. The molecule has 3 rings (SSSR count). The van der Waals surface area contributed by atoms with E-state index in [-0.39, 0.29) is 5.60 Å². The largest absolute Gasteiger partial charge is 0.381 e. The average Bonchev–Trinajstić information content (AvgIpc) is 2.50. The zero-order chi connectivity index (χ0) is 14.9. The van der Waals surface area contributed by atoms with Crippen LogP contribution in [0.3, 0.4) is 0 Å². The lowest BCUT2D eigenvalue weighted by molar-refractivity contribution is -0.116. The van der Waals surface area contributed by atoms with Crippen molar-refractivity contribution in [1.29, 1.82) is 5.26 Å². The molecular weight excluding hydrogens is 268 g/mol. The minimum atomic E-state index is -0.163. The van der Waals surface area contributed by atoms with Gasteiger partial charge in [0.25, 0.3) is 0 Å². The van der Waals surface area contributed by atoms with Crippen molar-refractivity contribution in [2.45, 2.75) is 32.3 Å². The Labute approximate surface area is 124 Å². The highest BCUT2D eigenvalue weighted by atomic mass is 16.5. The fourth-order valence-electron chi connectivity index (χ4n) is 3.02. The maximum atomic E-state index is 9.46. The van der Waals surface area contributed by atoms with Gasteiger partial charge in [-0.05, 0) is 19.4 Å². The number of rotatable bonds is 1. The first kappa shape index (κ1) is 14.2. The van der Waals surface area contributed by atoms with Gasteiger partial charge in [0.1, 0.15) is 11.6 Å². The standard InChI is InChI=1S/C15H20N4O2/c1-11-12(2)17-18-14(13(11)9-16)19-5-8-21-15(10-19)3-6-20-7-4-15/h3-8,10H2,1-2H3. The summed E-state index contributed by atoms with van der Waals surface area (Å²) in [6.45, 7) is 7.42. The highest BCUT2D eigenvalue weighted by molar-refractivity contribution is 5.58. The van der Waals surface area contributed by atoms with E-state index >= 15 is 0 Å². The Morgan fingerprint density at radius 2 is 1.95 bits per heavy atom. The van der Waals surface area contributed by atoms with Crippen LogP contribution in [-0.4, -0.2) is 48.7 Å². The first-order valence-corrected chi connectivity index (χ1v) is 7.36. The molecule has 0 amide bonds. The minimum absolute atomic E-state index is 0.163. The summed E-state index contributed by atoms with van der Waals surface area (Å²) in [7, 11) is 0. The van der Waals surface area contributed by atoms with E-state index in [0.29, 0.717) is 18.0 Å². The maximum Gasteiger partial charge on any atom is 0.169 e. The van der Waals surface area contributed by atoms with Gasteiger partial charge in [0, 0.05) is 39.1 Å². The number of nitriles is 1. The molecule has 1 aromatic heterocycles. The molecule has 6 nitrogen and oxygen atoms in total. The molecule has 1 aromatic rings. The van der Waals surface area contributed by atoms with E-state index in [0.717, 1.165) is 50.4 Å². The van der Waals surface area contributed by atoms with Crippen molar-refractivity contribution in [2.24, 2.45) is 0 Å². The lowest BCUT2D eigenvalue weighted by Gasteiger charge is -2.45. The molecule has 0 N–H and O–H groups in total. The first-order valence-electron chi connectivity index (χ1n) is 7.36. The summed E-state index contributed by atoms with van der Waals surface area (Å²) in [5.74, 6) is 0.690. The van der Waals surface area contributed by atoms with Gasteiger partial charge in [-0.15, -0.1) is 5.10 Å². The van der Waals surface area contributed by atoms with Crippen LogP contribution in [0.25, 0.3) is 0 Å². The lowest BCUT2D eigenvalue weighted by Crippen LogP contribution is -2.55. The average molecular weight is 288 g/mol. The van der Waals surface area contributed by atoms with Crippen molar-refractivity contribution in [3.05, 3.63) is 16.8 Å². The molecule has 2 saturated heterocycles. The van der Waals surface area contributed by atoms with Gasteiger partial charge in [0.15, 0.2) is 5.82 Å². The molecule has 3 heterocycles. The molecule has 2 aliphatic heterocycles.